The molecule has 0 aromatic rings. The SMILES string of the molecule is [O-][N+]([O-])=C1C=CC(=CO)C=C1. The summed E-state index contributed by atoms with van der Waals surface area (Å²) in [5, 5.41) is 28.7. The molecule has 11 heavy (non-hydrogen) atoms. The van der Waals surface area contributed by atoms with Crippen LogP contribution in [0.4, 0.5) is 0 Å². The summed E-state index contributed by atoms with van der Waals surface area (Å²) in [5.41, 5.74) is 0.575. The zero-order chi connectivity index (χ0) is 8.27. The summed E-state index contributed by atoms with van der Waals surface area (Å²) in [7, 11) is 0. The molecule has 1 rings (SSSR count). The molecule has 0 saturated carbocycles. The topological polar surface area (TPSA) is 69.4 Å². The third-order valence-corrected chi connectivity index (χ3v) is 1.25. The number of allylic oxidation sites excluding steroid dienone is 5. The van der Waals surface area contributed by atoms with Gasteiger partial charge >= 0.3 is 0 Å². The molecule has 0 aromatic carbocycles. The lowest BCUT2D eigenvalue weighted by molar-refractivity contribution is -0.377. The van der Waals surface area contributed by atoms with Gasteiger partial charge in [0.2, 0.25) is 5.71 Å². The molecule has 0 aliphatic heterocycles. The van der Waals surface area contributed by atoms with Crippen molar-refractivity contribution in [2.45, 2.75) is 0 Å². The largest absolute Gasteiger partial charge is 0.612 e. The number of hydrogen-bond acceptors (Lipinski definition) is 3. The van der Waals surface area contributed by atoms with E-state index in [2.05, 4.69) is 0 Å². The van der Waals surface area contributed by atoms with Crippen molar-refractivity contribution in [3.63, 3.8) is 0 Å². The maximum absolute atomic E-state index is 10.1. The summed E-state index contributed by atoms with van der Waals surface area (Å²) < 4.78 is 0. The van der Waals surface area contributed by atoms with Crippen LogP contribution in [0.15, 0.2) is 36.1 Å². The van der Waals surface area contributed by atoms with E-state index in [0.29, 0.717) is 5.57 Å². The second-order valence-corrected chi connectivity index (χ2v) is 1.98. The Kier molecular flexibility index (Phi) is 1.96. The van der Waals surface area contributed by atoms with Crippen molar-refractivity contribution in [3.8, 4) is 0 Å². The molecular formula is C7H6NO3-. The van der Waals surface area contributed by atoms with Crippen molar-refractivity contribution in [2.75, 3.05) is 0 Å². The Balaban J connectivity index is 2.89. The van der Waals surface area contributed by atoms with E-state index in [1.807, 2.05) is 0 Å². The van der Waals surface area contributed by atoms with Gasteiger partial charge in [0.1, 0.15) is 0 Å². The molecule has 0 fully saturated rings. The van der Waals surface area contributed by atoms with Gasteiger partial charge in [0.15, 0.2) is 0 Å². The van der Waals surface area contributed by atoms with Crippen LogP contribution in [0.5, 0.6) is 0 Å². The minimum Gasteiger partial charge on any atom is -0.612 e. The van der Waals surface area contributed by atoms with Crippen molar-refractivity contribution in [1.29, 1.82) is 0 Å². The molecule has 0 spiro atoms. The third kappa shape index (κ3) is 1.61. The maximum Gasteiger partial charge on any atom is 0.222 e. The molecule has 1 aliphatic carbocycles. The first kappa shape index (κ1) is 7.40. The van der Waals surface area contributed by atoms with Crippen LogP contribution < -0.4 is 0 Å². The molecule has 0 amide bonds. The van der Waals surface area contributed by atoms with Gasteiger partial charge in [-0.2, -0.15) is 4.90 Å². The van der Waals surface area contributed by atoms with Gasteiger partial charge in [-0.25, -0.2) is 0 Å². The van der Waals surface area contributed by atoms with Crippen molar-refractivity contribution in [1.82, 2.24) is 0 Å². The third-order valence-electron chi connectivity index (χ3n) is 1.25. The van der Waals surface area contributed by atoms with Crippen molar-refractivity contribution in [2.24, 2.45) is 0 Å². The Morgan fingerprint density at radius 3 is 2.09 bits per heavy atom. The molecule has 0 atom stereocenters. The van der Waals surface area contributed by atoms with E-state index >= 15 is 0 Å². The monoisotopic (exact) mass is 152 g/mol. The number of rotatable bonds is 0. The lowest BCUT2D eigenvalue weighted by Gasteiger charge is -2.07. The highest BCUT2D eigenvalue weighted by atomic mass is 16.8. The fraction of sp³-hybridized carbons (Fsp3) is 0. The highest BCUT2D eigenvalue weighted by Gasteiger charge is 2.01. The van der Waals surface area contributed by atoms with Crippen LogP contribution in [-0.4, -0.2) is 15.7 Å². The van der Waals surface area contributed by atoms with Crippen LogP contribution in [-0.2, 0) is 0 Å². The molecule has 1 N–H and O–H groups in total. The first-order chi connectivity index (χ1) is 5.24. The van der Waals surface area contributed by atoms with E-state index in [4.69, 9.17) is 5.11 Å². The van der Waals surface area contributed by atoms with Gasteiger partial charge < -0.3 is 15.5 Å². The zero-order valence-corrected chi connectivity index (χ0v) is 5.60. The molecule has 4 heteroatoms. The number of aliphatic hydroxyl groups is 1. The molecule has 0 saturated heterocycles. The standard InChI is InChI=1S/C7H6NO3/c9-5-6-1-3-7(4-2-6)8(10)11/h1-5H,(H-,9,10,11)/q-1. The predicted octanol–water partition coefficient (Wildman–Crippen LogP) is 1.00. The van der Waals surface area contributed by atoms with Gasteiger partial charge in [-0.3, -0.25) is 0 Å². The van der Waals surface area contributed by atoms with Crippen LogP contribution in [0.25, 0.3) is 0 Å². The first-order valence-corrected chi connectivity index (χ1v) is 2.96. The zero-order valence-electron chi connectivity index (χ0n) is 5.60. The summed E-state index contributed by atoms with van der Waals surface area (Å²) in [5.74, 6) is 0. The average Bonchev–Trinajstić information content (AvgIpc) is 2.05. The summed E-state index contributed by atoms with van der Waals surface area (Å²) in [6.45, 7) is 0. The molecule has 58 valence electrons. The lowest BCUT2D eigenvalue weighted by atomic mass is 10.1. The second-order valence-electron chi connectivity index (χ2n) is 1.98. The molecule has 0 unspecified atom stereocenters. The van der Waals surface area contributed by atoms with E-state index in [9.17, 15) is 10.4 Å². The van der Waals surface area contributed by atoms with E-state index in [1.165, 1.54) is 24.3 Å². The second kappa shape index (κ2) is 2.92. The smallest absolute Gasteiger partial charge is 0.222 e. The maximum atomic E-state index is 10.1. The van der Waals surface area contributed by atoms with Gasteiger partial charge in [0.25, 0.3) is 0 Å². The van der Waals surface area contributed by atoms with Gasteiger partial charge in [0, 0.05) is 17.7 Å². The summed E-state index contributed by atoms with van der Waals surface area (Å²) in [6.07, 6.45) is 6.50. The molecule has 1 aliphatic rings. The van der Waals surface area contributed by atoms with E-state index in [-0.39, 0.29) is 5.71 Å². The number of hydrogen-bond donors (Lipinski definition) is 1. The highest BCUT2D eigenvalue weighted by molar-refractivity contribution is 6.02. The van der Waals surface area contributed by atoms with E-state index in [0.717, 1.165) is 6.26 Å². The molecule has 0 heterocycles. The number of aliphatic hydroxyl groups excluding tert-OH is 1. The molecular weight excluding hydrogens is 146 g/mol. The van der Waals surface area contributed by atoms with Crippen molar-refractivity contribution in [3.05, 3.63) is 46.6 Å². The molecule has 0 bridgehead atoms. The van der Waals surface area contributed by atoms with Crippen molar-refractivity contribution < 1.29 is 10.0 Å². The fourth-order valence-corrected chi connectivity index (χ4v) is 0.682. The van der Waals surface area contributed by atoms with Crippen LogP contribution in [0.1, 0.15) is 0 Å². The van der Waals surface area contributed by atoms with Crippen LogP contribution >= 0.6 is 0 Å². The Hall–Kier alpha value is -1.71. The normalized spacial score (nSPS) is 15.3. The van der Waals surface area contributed by atoms with Crippen molar-refractivity contribution >= 4 is 5.71 Å². The summed E-state index contributed by atoms with van der Waals surface area (Å²) >= 11 is 0. The minimum atomic E-state index is -0.485. The van der Waals surface area contributed by atoms with Crippen LogP contribution in [0.3, 0.4) is 0 Å². The molecule has 0 aromatic heterocycles. The highest BCUT2D eigenvalue weighted by Crippen LogP contribution is 2.04. The Morgan fingerprint density at radius 1 is 1.18 bits per heavy atom. The van der Waals surface area contributed by atoms with Gasteiger partial charge in [-0.05, 0) is 12.2 Å². The molecule has 0 radical (unpaired) electrons. The van der Waals surface area contributed by atoms with Crippen LogP contribution in [0.2, 0.25) is 0 Å². The first-order valence-electron chi connectivity index (χ1n) is 2.96. The lowest BCUT2D eigenvalue weighted by Crippen LogP contribution is -2.06. The van der Waals surface area contributed by atoms with E-state index in [1.54, 1.807) is 0 Å². The van der Waals surface area contributed by atoms with Gasteiger partial charge in [-0.15, -0.1) is 0 Å². The number of nitrogens with zero attached hydrogens (tertiary/aromatic N) is 1. The quantitative estimate of drug-likeness (QED) is 0.320. The Bertz CT molecular complexity index is 251. The Labute approximate surface area is 63.3 Å². The van der Waals surface area contributed by atoms with Gasteiger partial charge in [-0.1, -0.05) is 0 Å². The summed E-state index contributed by atoms with van der Waals surface area (Å²) in [6, 6.07) is 0. The molecule has 4 nitrogen and oxygen atoms in total. The predicted molar refractivity (Wildman–Crippen MR) is 41.0 cm³/mol. The summed E-state index contributed by atoms with van der Waals surface area (Å²) in [4.78, 5) is -0.485. The van der Waals surface area contributed by atoms with Gasteiger partial charge in [0.05, 0.1) is 6.26 Å². The minimum absolute atomic E-state index is 0.0237. The fourth-order valence-electron chi connectivity index (χ4n) is 0.682. The van der Waals surface area contributed by atoms with E-state index < -0.39 is 4.90 Å². The Morgan fingerprint density at radius 2 is 1.73 bits per heavy atom. The van der Waals surface area contributed by atoms with Crippen LogP contribution in [0, 0.1) is 10.4 Å². The average molecular weight is 152 g/mol.